The molecular weight excluding hydrogens is 568 g/mol. The number of carbonyl (C=O) groups excluding carboxylic acids is 1. The second-order valence-electron chi connectivity index (χ2n) is 9.89. The standard InChI is InChI=1S/C30H30O9S2/c1-5-19(4)38-25-14-15-26(24-9-7-6-8-23(24)25)39-27-13-11-21(17-29(27)41(35,36)37)30(31)20-10-12-22(18(2)3)28(16-20)40(32,33)34/h6-19H,5H2,1-4H3,(H,32,33,34)(H,35,36,37). The van der Waals surface area contributed by atoms with E-state index in [0.717, 1.165) is 23.9 Å². The van der Waals surface area contributed by atoms with Gasteiger partial charge in [0, 0.05) is 21.9 Å². The van der Waals surface area contributed by atoms with Gasteiger partial charge in [-0.15, -0.1) is 0 Å². The number of benzene rings is 4. The van der Waals surface area contributed by atoms with Crippen molar-refractivity contribution < 1.29 is 40.2 Å². The van der Waals surface area contributed by atoms with E-state index in [1.807, 2.05) is 26.0 Å². The maximum Gasteiger partial charge on any atom is 0.298 e. The third-order valence-corrected chi connectivity index (χ3v) is 8.41. The van der Waals surface area contributed by atoms with Crippen molar-refractivity contribution in [1.82, 2.24) is 0 Å². The topological polar surface area (TPSA) is 144 Å². The molecule has 11 heteroatoms. The second kappa shape index (κ2) is 11.6. The van der Waals surface area contributed by atoms with Gasteiger partial charge in [-0.1, -0.05) is 57.2 Å². The molecule has 0 aromatic heterocycles. The monoisotopic (exact) mass is 598 g/mol. The Hall–Kier alpha value is -3.77. The minimum absolute atomic E-state index is 0.0310. The van der Waals surface area contributed by atoms with Crippen molar-refractivity contribution in [1.29, 1.82) is 0 Å². The Kier molecular flexibility index (Phi) is 8.55. The van der Waals surface area contributed by atoms with E-state index in [2.05, 4.69) is 0 Å². The molecule has 0 aliphatic carbocycles. The fourth-order valence-electron chi connectivity index (χ4n) is 4.33. The molecule has 9 nitrogen and oxygen atoms in total. The number of hydrogen-bond donors (Lipinski definition) is 2. The predicted octanol–water partition coefficient (Wildman–Crippen LogP) is 6.66. The molecule has 0 radical (unpaired) electrons. The van der Waals surface area contributed by atoms with Gasteiger partial charge in [-0.3, -0.25) is 13.9 Å². The van der Waals surface area contributed by atoms with Gasteiger partial charge >= 0.3 is 0 Å². The molecule has 4 aromatic carbocycles. The van der Waals surface area contributed by atoms with Crippen LogP contribution in [0.25, 0.3) is 10.8 Å². The Morgan fingerprint density at radius 2 is 1.24 bits per heavy atom. The minimum atomic E-state index is -4.86. The molecule has 0 saturated heterocycles. The summed E-state index contributed by atoms with van der Waals surface area (Å²) in [4.78, 5) is 12.2. The third kappa shape index (κ3) is 6.59. The van der Waals surface area contributed by atoms with Gasteiger partial charge in [-0.25, -0.2) is 0 Å². The van der Waals surface area contributed by atoms with E-state index in [1.165, 1.54) is 24.3 Å². The van der Waals surface area contributed by atoms with E-state index >= 15 is 0 Å². The summed E-state index contributed by atoms with van der Waals surface area (Å²) in [5, 5.41) is 1.38. The number of ether oxygens (including phenoxy) is 2. The first kappa shape index (κ1) is 30.2. The maximum absolute atomic E-state index is 13.3. The van der Waals surface area contributed by atoms with Crippen molar-refractivity contribution in [2.45, 2.75) is 55.9 Å². The highest BCUT2D eigenvalue weighted by molar-refractivity contribution is 7.86. The molecule has 41 heavy (non-hydrogen) atoms. The summed E-state index contributed by atoms with van der Waals surface area (Å²) >= 11 is 0. The maximum atomic E-state index is 13.3. The average Bonchev–Trinajstić information content (AvgIpc) is 2.92. The van der Waals surface area contributed by atoms with Gasteiger partial charge in [0.25, 0.3) is 20.2 Å². The number of rotatable bonds is 10. The lowest BCUT2D eigenvalue weighted by Gasteiger charge is -2.17. The molecule has 0 fully saturated rings. The first-order valence-electron chi connectivity index (χ1n) is 12.8. The summed E-state index contributed by atoms with van der Waals surface area (Å²) in [5.41, 5.74) is 0.0739. The molecule has 0 aliphatic heterocycles. The largest absolute Gasteiger partial charge is 0.490 e. The van der Waals surface area contributed by atoms with Gasteiger partial charge < -0.3 is 9.47 Å². The van der Waals surface area contributed by atoms with Crippen molar-refractivity contribution >= 4 is 36.8 Å². The van der Waals surface area contributed by atoms with Crippen molar-refractivity contribution in [3.8, 4) is 17.2 Å². The lowest BCUT2D eigenvalue weighted by Crippen LogP contribution is -2.10. The van der Waals surface area contributed by atoms with Crippen LogP contribution in [0.4, 0.5) is 0 Å². The average molecular weight is 599 g/mol. The van der Waals surface area contributed by atoms with Gasteiger partial charge in [0.1, 0.15) is 22.1 Å². The van der Waals surface area contributed by atoms with Crippen LogP contribution >= 0.6 is 0 Å². The van der Waals surface area contributed by atoms with E-state index in [4.69, 9.17) is 9.47 Å². The molecule has 0 saturated carbocycles. The van der Waals surface area contributed by atoms with Gasteiger partial charge in [-0.2, -0.15) is 16.8 Å². The Morgan fingerprint density at radius 3 is 1.80 bits per heavy atom. The highest BCUT2D eigenvalue weighted by Gasteiger charge is 2.24. The molecule has 0 spiro atoms. The Morgan fingerprint density at radius 1 is 0.732 bits per heavy atom. The fourth-order valence-corrected chi connectivity index (χ4v) is 5.85. The summed E-state index contributed by atoms with van der Waals surface area (Å²) < 4.78 is 80.3. The Bertz CT molecular complexity index is 1840. The molecule has 0 amide bonds. The number of fused-ring (bicyclic) bond motifs is 1. The third-order valence-electron chi connectivity index (χ3n) is 6.63. The van der Waals surface area contributed by atoms with E-state index in [9.17, 15) is 30.7 Å². The summed E-state index contributed by atoms with van der Waals surface area (Å²) in [5.74, 6) is -0.281. The highest BCUT2D eigenvalue weighted by atomic mass is 32.2. The quantitative estimate of drug-likeness (QED) is 0.151. The Labute approximate surface area is 239 Å². The normalized spacial score (nSPS) is 12.9. The van der Waals surface area contributed by atoms with Crippen LogP contribution in [0.1, 0.15) is 61.5 Å². The van der Waals surface area contributed by atoms with Gasteiger partial charge in [-0.05, 0) is 61.2 Å². The van der Waals surface area contributed by atoms with Crippen molar-refractivity contribution in [3.05, 3.63) is 89.5 Å². The first-order valence-corrected chi connectivity index (χ1v) is 15.7. The number of hydrogen-bond acceptors (Lipinski definition) is 7. The molecule has 0 heterocycles. The van der Waals surface area contributed by atoms with E-state index in [1.54, 1.807) is 38.1 Å². The fraction of sp³-hybridized carbons (Fsp3) is 0.233. The molecule has 1 unspecified atom stereocenters. The summed E-state index contributed by atoms with van der Waals surface area (Å²) in [7, 11) is -9.50. The molecule has 0 aliphatic rings. The Balaban J connectivity index is 1.77. The van der Waals surface area contributed by atoms with Crippen LogP contribution in [0, 0.1) is 0 Å². The van der Waals surface area contributed by atoms with Crippen molar-refractivity contribution in [2.24, 2.45) is 0 Å². The van der Waals surface area contributed by atoms with Crippen LogP contribution in [0.15, 0.2) is 82.6 Å². The van der Waals surface area contributed by atoms with Crippen LogP contribution in [-0.4, -0.2) is 37.8 Å². The zero-order valence-corrected chi connectivity index (χ0v) is 24.5. The number of carbonyl (C=O) groups is 1. The first-order chi connectivity index (χ1) is 19.2. The van der Waals surface area contributed by atoms with Crippen LogP contribution in [-0.2, 0) is 20.2 Å². The van der Waals surface area contributed by atoms with Crippen LogP contribution in [0.5, 0.6) is 17.2 Å². The SMILES string of the molecule is CCC(C)Oc1ccc(Oc2ccc(C(=O)c3ccc(C(C)C)c(S(=O)(=O)O)c3)cc2S(=O)(=O)O)c2ccccc12. The predicted molar refractivity (Wildman–Crippen MR) is 154 cm³/mol. The molecule has 4 aromatic rings. The summed E-state index contributed by atoms with van der Waals surface area (Å²) in [6.07, 6.45) is 0.769. The number of ketones is 1. The molecule has 216 valence electrons. The molecular formula is C30H30O9S2. The molecule has 1 atom stereocenters. The highest BCUT2D eigenvalue weighted by Crippen LogP contribution is 2.38. The van der Waals surface area contributed by atoms with Crippen molar-refractivity contribution in [3.63, 3.8) is 0 Å². The van der Waals surface area contributed by atoms with Crippen LogP contribution in [0.3, 0.4) is 0 Å². The van der Waals surface area contributed by atoms with Gasteiger partial charge in [0.05, 0.1) is 11.0 Å². The van der Waals surface area contributed by atoms with E-state index in [0.29, 0.717) is 22.4 Å². The van der Waals surface area contributed by atoms with Crippen molar-refractivity contribution in [2.75, 3.05) is 0 Å². The molecule has 4 rings (SSSR count). The lowest BCUT2D eigenvalue weighted by atomic mass is 9.98. The van der Waals surface area contributed by atoms with Crippen LogP contribution in [0.2, 0.25) is 0 Å². The minimum Gasteiger partial charge on any atom is -0.490 e. The summed E-state index contributed by atoms with van der Waals surface area (Å²) in [6.45, 7) is 7.42. The molecule has 0 bridgehead atoms. The van der Waals surface area contributed by atoms with E-state index < -0.39 is 35.8 Å². The second-order valence-corrected chi connectivity index (χ2v) is 12.7. The smallest absolute Gasteiger partial charge is 0.298 e. The zero-order valence-electron chi connectivity index (χ0n) is 22.9. The van der Waals surface area contributed by atoms with Gasteiger partial charge in [0.15, 0.2) is 5.78 Å². The zero-order chi connectivity index (χ0) is 30.1. The molecule has 2 N–H and O–H groups in total. The van der Waals surface area contributed by atoms with Crippen LogP contribution < -0.4 is 9.47 Å². The van der Waals surface area contributed by atoms with E-state index in [-0.39, 0.29) is 28.9 Å². The summed E-state index contributed by atoms with van der Waals surface area (Å²) in [6, 6.07) is 17.9. The lowest BCUT2D eigenvalue weighted by molar-refractivity contribution is 0.103. The van der Waals surface area contributed by atoms with Gasteiger partial charge in [0.2, 0.25) is 0 Å².